The van der Waals surface area contributed by atoms with Crippen LogP contribution in [-0.2, 0) is 15.7 Å². The van der Waals surface area contributed by atoms with Crippen molar-refractivity contribution < 1.29 is 22.6 Å². The third-order valence-corrected chi connectivity index (χ3v) is 4.71. The monoisotopic (exact) mass is 347 g/mol. The van der Waals surface area contributed by atoms with Crippen LogP contribution in [0.2, 0.25) is 0 Å². The molecule has 24 heavy (non-hydrogen) atoms. The third-order valence-electron chi connectivity index (χ3n) is 4.71. The van der Waals surface area contributed by atoms with Gasteiger partial charge >= 0.3 is 6.18 Å². The summed E-state index contributed by atoms with van der Waals surface area (Å²) in [5, 5.41) is 5.96. The van der Waals surface area contributed by atoms with Crippen molar-refractivity contribution in [2.45, 2.75) is 43.9 Å². The molecule has 3 rings (SSSR count). The zero-order valence-electron chi connectivity index (χ0n) is 13.6. The van der Waals surface area contributed by atoms with Crippen molar-refractivity contribution in [3.8, 4) is 0 Å². The first-order valence-electron chi connectivity index (χ1n) is 8.56. The van der Waals surface area contributed by atoms with Gasteiger partial charge in [0.2, 0.25) is 0 Å². The molecule has 2 fully saturated rings. The molecule has 2 aliphatic heterocycles. The zero-order chi connectivity index (χ0) is 17.0. The molecule has 1 aromatic heterocycles. The average molecular weight is 347 g/mol. The smallest absolute Gasteiger partial charge is 0.377 e. The molecule has 2 saturated heterocycles. The SMILES string of the molecule is FC(F)(F)c1cc([C@@H]2CCCN(CCOC[C@H]3CCCO3)C2)[nH]n1. The maximum absolute atomic E-state index is 12.7. The molecule has 3 heterocycles. The quantitative estimate of drug-likeness (QED) is 0.804. The van der Waals surface area contributed by atoms with Crippen LogP contribution in [0.15, 0.2) is 6.07 Å². The third kappa shape index (κ3) is 4.70. The van der Waals surface area contributed by atoms with E-state index in [0.29, 0.717) is 18.9 Å². The average Bonchev–Trinajstić information content (AvgIpc) is 3.23. The number of ether oxygens (including phenoxy) is 2. The molecule has 2 aliphatic rings. The lowest BCUT2D eigenvalue weighted by molar-refractivity contribution is -0.141. The Morgan fingerprint density at radius 1 is 1.33 bits per heavy atom. The molecule has 0 unspecified atom stereocenters. The number of nitrogens with one attached hydrogen (secondary N) is 1. The second-order valence-corrected chi connectivity index (χ2v) is 6.56. The highest BCUT2D eigenvalue weighted by molar-refractivity contribution is 5.16. The summed E-state index contributed by atoms with van der Waals surface area (Å²) in [4.78, 5) is 2.25. The molecule has 136 valence electrons. The first kappa shape index (κ1) is 17.7. The molecule has 0 radical (unpaired) electrons. The Morgan fingerprint density at radius 3 is 2.92 bits per heavy atom. The number of halogens is 3. The largest absolute Gasteiger partial charge is 0.435 e. The van der Waals surface area contributed by atoms with Crippen molar-refractivity contribution in [3.63, 3.8) is 0 Å². The number of piperidine rings is 1. The fraction of sp³-hybridized carbons (Fsp3) is 0.812. The van der Waals surface area contributed by atoms with Crippen LogP contribution in [0.4, 0.5) is 13.2 Å². The van der Waals surface area contributed by atoms with E-state index in [1.807, 2.05) is 0 Å². The molecule has 1 N–H and O–H groups in total. The lowest BCUT2D eigenvalue weighted by Gasteiger charge is -2.32. The standard InChI is InChI=1S/C16H24F3N3O2/c17-16(18,19)15-9-14(20-21-15)12-3-1-5-22(10-12)6-8-23-11-13-4-2-7-24-13/h9,12-13H,1-8,10-11H2,(H,20,21)/t12-,13-/m1/s1. The second kappa shape index (κ2) is 7.84. The predicted molar refractivity (Wildman–Crippen MR) is 81.8 cm³/mol. The summed E-state index contributed by atoms with van der Waals surface area (Å²) in [6, 6.07) is 1.14. The summed E-state index contributed by atoms with van der Waals surface area (Å²) < 4.78 is 49.2. The first-order valence-corrected chi connectivity index (χ1v) is 8.56. The van der Waals surface area contributed by atoms with Crippen LogP contribution >= 0.6 is 0 Å². The van der Waals surface area contributed by atoms with Gasteiger partial charge in [-0.15, -0.1) is 0 Å². The van der Waals surface area contributed by atoms with Gasteiger partial charge in [0.25, 0.3) is 0 Å². The Hall–Kier alpha value is -1.12. The molecule has 8 heteroatoms. The molecule has 0 bridgehead atoms. The van der Waals surface area contributed by atoms with Crippen LogP contribution in [0.5, 0.6) is 0 Å². The topological polar surface area (TPSA) is 50.4 Å². The first-order chi connectivity index (χ1) is 11.5. The number of hydrogen-bond donors (Lipinski definition) is 1. The summed E-state index contributed by atoms with van der Waals surface area (Å²) >= 11 is 0. The van der Waals surface area contributed by atoms with Crippen molar-refractivity contribution in [3.05, 3.63) is 17.5 Å². The van der Waals surface area contributed by atoms with E-state index in [4.69, 9.17) is 9.47 Å². The van der Waals surface area contributed by atoms with Crippen molar-refractivity contribution in [1.29, 1.82) is 0 Å². The van der Waals surface area contributed by atoms with Crippen LogP contribution in [0, 0.1) is 0 Å². The Bertz CT molecular complexity index is 515. The maximum atomic E-state index is 12.7. The summed E-state index contributed by atoms with van der Waals surface area (Å²) in [5.41, 5.74) is -0.262. The molecule has 0 spiro atoms. The molecular weight excluding hydrogens is 323 g/mol. The Kier molecular flexibility index (Phi) is 5.78. The van der Waals surface area contributed by atoms with E-state index in [1.165, 1.54) is 0 Å². The van der Waals surface area contributed by atoms with E-state index in [-0.39, 0.29) is 12.0 Å². The van der Waals surface area contributed by atoms with Crippen molar-refractivity contribution in [1.82, 2.24) is 15.1 Å². The van der Waals surface area contributed by atoms with Gasteiger partial charge in [-0.05, 0) is 38.3 Å². The summed E-state index contributed by atoms with van der Waals surface area (Å²) in [7, 11) is 0. The Morgan fingerprint density at radius 2 is 2.21 bits per heavy atom. The number of hydrogen-bond acceptors (Lipinski definition) is 4. The maximum Gasteiger partial charge on any atom is 0.435 e. The van der Waals surface area contributed by atoms with Crippen LogP contribution in [0.1, 0.15) is 43.0 Å². The number of nitrogens with zero attached hydrogens (tertiary/aromatic N) is 2. The molecular formula is C16H24F3N3O2. The van der Waals surface area contributed by atoms with Gasteiger partial charge in [0.05, 0.1) is 19.3 Å². The highest BCUT2D eigenvalue weighted by Gasteiger charge is 2.35. The van der Waals surface area contributed by atoms with Gasteiger partial charge < -0.3 is 14.4 Å². The van der Waals surface area contributed by atoms with Crippen LogP contribution in [-0.4, -0.2) is 60.7 Å². The van der Waals surface area contributed by atoms with E-state index < -0.39 is 11.9 Å². The van der Waals surface area contributed by atoms with E-state index in [1.54, 1.807) is 0 Å². The van der Waals surface area contributed by atoms with Crippen molar-refractivity contribution in [2.75, 3.05) is 39.5 Å². The minimum Gasteiger partial charge on any atom is -0.377 e. The minimum atomic E-state index is -4.39. The van der Waals surface area contributed by atoms with Gasteiger partial charge in [-0.3, -0.25) is 5.10 Å². The summed E-state index contributed by atoms with van der Waals surface area (Å²) in [5.74, 6) is 0.0699. The number of likely N-dealkylation sites (tertiary alicyclic amines) is 1. The van der Waals surface area contributed by atoms with Gasteiger partial charge in [-0.25, -0.2) is 0 Å². The molecule has 2 atom stereocenters. The highest BCUT2D eigenvalue weighted by atomic mass is 19.4. The van der Waals surface area contributed by atoms with Crippen LogP contribution in [0.25, 0.3) is 0 Å². The summed E-state index contributed by atoms with van der Waals surface area (Å²) in [6.07, 6.45) is -0.146. The summed E-state index contributed by atoms with van der Waals surface area (Å²) in [6.45, 7) is 4.58. The number of aromatic nitrogens is 2. The number of H-pyrrole nitrogens is 1. The fourth-order valence-corrected chi connectivity index (χ4v) is 3.39. The van der Waals surface area contributed by atoms with Crippen LogP contribution < -0.4 is 0 Å². The van der Waals surface area contributed by atoms with Crippen molar-refractivity contribution >= 4 is 0 Å². The Balaban J connectivity index is 1.43. The number of alkyl halides is 3. The predicted octanol–water partition coefficient (Wildman–Crippen LogP) is 2.80. The molecule has 0 aromatic carbocycles. The molecule has 0 amide bonds. The fourth-order valence-electron chi connectivity index (χ4n) is 3.39. The van der Waals surface area contributed by atoms with E-state index >= 15 is 0 Å². The molecule has 0 aliphatic carbocycles. The molecule has 1 aromatic rings. The van der Waals surface area contributed by atoms with Gasteiger partial charge in [-0.2, -0.15) is 18.3 Å². The van der Waals surface area contributed by atoms with Crippen molar-refractivity contribution in [2.24, 2.45) is 0 Å². The van der Waals surface area contributed by atoms with E-state index in [9.17, 15) is 13.2 Å². The normalized spacial score (nSPS) is 26.1. The lowest BCUT2D eigenvalue weighted by atomic mass is 9.94. The Labute approximate surface area is 139 Å². The van der Waals surface area contributed by atoms with Gasteiger partial charge in [0, 0.05) is 31.3 Å². The van der Waals surface area contributed by atoms with E-state index in [0.717, 1.165) is 58.0 Å². The highest BCUT2D eigenvalue weighted by Crippen LogP contribution is 2.31. The van der Waals surface area contributed by atoms with E-state index in [2.05, 4.69) is 15.1 Å². The van der Waals surface area contributed by atoms with Gasteiger partial charge in [0.15, 0.2) is 5.69 Å². The number of rotatable bonds is 6. The minimum absolute atomic E-state index is 0.0699. The number of aromatic amines is 1. The van der Waals surface area contributed by atoms with Gasteiger partial charge in [-0.1, -0.05) is 0 Å². The van der Waals surface area contributed by atoms with Gasteiger partial charge in [0.1, 0.15) is 0 Å². The second-order valence-electron chi connectivity index (χ2n) is 6.56. The molecule has 5 nitrogen and oxygen atoms in total. The zero-order valence-corrected chi connectivity index (χ0v) is 13.6. The van der Waals surface area contributed by atoms with Crippen LogP contribution in [0.3, 0.4) is 0 Å². The lowest BCUT2D eigenvalue weighted by Crippen LogP contribution is -2.37. The molecule has 0 saturated carbocycles.